The fourth-order valence-electron chi connectivity index (χ4n) is 2.88. The highest BCUT2D eigenvalue weighted by Gasteiger charge is 2.17. The fourth-order valence-corrected chi connectivity index (χ4v) is 3.47. The number of anilines is 1. The summed E-state index contributed by atoms with van der Waals surface area (Å²) in [6.07, 6.45) is 2.52. The largest absolute Gasteiger partial charge is 0.306 e. The molecular formula is C19H21N5O2S. The van der Waals surface area contributed by atoms with Gasteiger partial charge in [-0.2, -0.15) is 9.78 Å². The molecule has 0 atom stereocenters. The minimum Gasteiger partial charge on any atom is -0.306 e. The van der Waals surface area contributed by atoms with Crippen molar-refractivity contribution in [1.29, 1.82) is 0 Å². The Morgan fingerprint density at radius 2 is 2.04 bits per heavy atom. The van der Waals surface area contributed by atoms with E-state index in [1.165, 1.54) is 16.4 Å². The molecule has 140 valence electrons. The predicted octanol–water partition coefficient (Wildman–Crippen LogP) is 3.11. The van der Waals surface area contributed by atoms with Gasteiger partial charge >= 0.3 is 0 Å². The smallest absolute Gasteiger partial charge is 0.257 e. The average molecular weight is 383 g/mol. The van der Waals surface area contributed by atoms with Crippen molar-refractivity contribution in [1.82, 2.24) is 19.7 Å². The Bertz CT molecular complexity index is 1050. The van der Waals surface area contributed by atoms with Crippen molar-refractivity contribution in [3.05, 3.63) is 63.2 Å². The van der Waals surface area contributed by atoms with E-state index < -0.39 is 0 Å². The quantitative estimate of drug-likeness (QED) is 0.661. The van der Waals surface area contributed by atoms with Crippen LogP contribution in [-0.2, 0) is 6.42 Å². The van der Waals surface area contributed by atoms with E-state index in [-0.39, 0.29) is 17.4 Å². The van der Waals surface area contributed by atoms with Crippen molar-refractivity contribution in [2.75, 3.05) is 11.6 Å². The predicted molar refractivity (Wildman–Crippen MR) is 107 cm³/mol. The molecule has 0 saturated heterocycles. The molecule has 0 aliphatic heterocycles. The molecule has 0 radical (unpaired) electrons. The number of nitrogens with one attached hydrogen (secondary N) is 2. The van der Waals surface area contributed by atoms with Crippen LogP contribution in [0.3, 0.4) is 0 Å². The second kappa shape index (κ2) is 7.79. The molecule has 2 aromatic heterocycles. The highest BCUT2D eigenvalue weighted by Crippen LogP contribution is 2.22. The number of H-pyrrole nitrogens is 1. The van der Waals surface area contributed by atoms with Gasteiger partial charge in [-0.25, -0.2) is 4.98 Å². The Morgan fingerprint density at radius 3 is 2.70 bits per heavy atom. The summed E-state index contributed by atoms with van der Waals surface area (Å²) in [5.74, 6) is 0.474. The highest BCUT2D eigenvalue weighted by molar-refractivity contribution is 7.98. The Balaban J connectivity index is 2.00. The van der Waals surface area contributed by atoms with Gasteiger partial charge in [0.1, 0.15) is 5.82 Å². The Hall–Kier alpha value is -2.87. The molecule has 0 aliphatic rings. The maximum Gasteiger partial charge on any atom is 0.257 e. The second-order valence-corrected chi connectivity index (χ2v) is 6.89. The number of aromatic amines is 1. The molecule has 8 heteroatoms. The van der Waals surface area contributed by atoms with Gasteiger partial charge in [-0.3, -0.25) is 14.6 Å². The molecule has 1 amide bonds. The molecule has 2 heterocycles. The number of carbonyl (C=O) groups excluding carboxylic acids is 1. The zero-order valence-corrected chi connectivity index (χ0v) is 16.5. The lowest BCUT2D eigenvalue weighted by Gasteiger charge is -2.11. The van der Waals surface area contributed by atoms with E-state index >= 15 is 0 Å². The molecule has 2 N–H and O–H groups in total. The third-order valence-corrected chi connectivity index (χ3v) is 4.98. The van der Waals surface area contributed by atoms with E-state index in [1.807, 2.05) is 38.3 Å². The van der Waals surface area contributed by atoms with Crippen LogP contribution < -0.4 is 10.9 Å². The maximum absolute atomic E-state index is 12.8. The second-order valence-electron chi connectivity index (χ2n) is 6.04. The number of nitrogens with zero attached hydrogens (tertiary/aromatic N) is 3. The van der Waals surface area contributed by atoms with Gasteiger partial charge in [0.2, 0.25) is 5.95 Å². The third kappa shape index (κ3) is 3.80. The number of carbonyl (C=O) groups is 1. The van der Waals surface area contributed by atoms with Crippen molar-refractivity contribution >= 4 is 23.5 Å². The first-order chi connectivity index (χ1) is 12.9. The Morgan fingerprint density at radius 1 is 1.30 bits per heavy atom. The van der Waals surface area contributed by atoms with Crippen LogP contribution in [0.2, 0.25) is 0 Å². The van der Waals surface area contributed by atoms with Gasteiger partial charge in [-0.1, -0.05) is 19.1 Å². The van der Waals surface area contributed by atoms with Crippen LogP contribution in [0.15, 0.2) is 40.0 Å². The molecule has 7 nitrogen and oxygen atoms in total. The topological polar surface area (TPSA) is 92.7 Å². The summed E-state index contributed by atoms with van der Waals surface area (Å²) in [6, 6.07) is 9.12. The molecular weight excluding hydrogens is 362 g/mol. The van der Waals surface area contributed by atoms with Gasteiger partial charge in [0.15, 0.2) is 0 Å². The third-order valence-electron chi connectivity index (χ3n) is 4.19. The molecule has 0 fully saturated rings. The number of thioether (sulfide) groups is 1. The molecule has 0 bridgehead atoms. The van der Waals surface area contributed by atoms with Gasteiger partial charge < -0.3 is 5.32 Å². The van der Waals surface area contributed by atoms with Crippen LogP contribution in [0, 0.1) is 13.8 Å². The molecule has 0 spiro atoms. The number of benzene rings is 1. The molecule has 1 aromatic carbocycles. The number of aryl methyl sites for hydroxylation is 2. The Kier molecular flexibility index (Phi) is 5.46. The van der Waals surface area contributed by atoms with Crippen molar-refractivity contribution in [2.45, 2.75) is 32.1 Å². The van der Waals surface area contributed by atoms with Gasteiger partial charge in [0.25, 0.3) is 11.5 Å². The number of aromatic nitrogens is 4. The molecule has 0 aliphatic carbocycles. The van der Waals surface area contributed by atoms with Gasteiger partial charge in [-0.15, -0.1) is 11.8 Å². The van der Waals surface area contributed by atoms with E-state index in [4.69, 9.17) is 0 Å². The number of amides is 1. The van der Waals surface area contributed by atoms with Crippen LogP contribution in [0.5, 0.6) is 0 Å². The number of hydrogen-bond acceptors (Lipinski definition) is 5. The van der Waals surface area contributed by atoms with E-state index in [1.54, 1.807) is 19.1 Å². The molecule has 3 rings (SSSR count). The summed E-state index contributed by atoms with van der Waals surface area (Å²) in [5.41, 5.74) is 2.37. The van der Waals surface area contributed by atoms with Crippen LogP contribution in [0.4, 0.5) is 5.82 Å². The summed E-state index contributed by atoms with van der Waals surface area (Å²) < 4.78 is 1.45. The van der Waals surface area contributed by atoms with Gasteiger partial charge in [-0.05, 0) is 38.7 Å². The molecule has 0 saturated carbocycles. The maximum atomic E-state index is 12.8. The number of hydrogen-bond donors (Lipinski definition) is 2. The van der Waals surface area contributed by atoms with Crippen molar-refractivity contribution in [3.8, 4) is 5.95 Å². The Labute approximate surface area is 161 Å². The van der Waals surface area contributed by atoms with E-state index in [0.717, 1.165) is 4.90 Å². The van der Waals surface area contributed by atoms with Crippen LogP contribution in [0.25, 0.3) is 5.95 Å². The highest BCUT2D eigenvalue weighted by atomic mass is 32.2. The summed E-state index contributed by atoms with van der Waals surface area (Å²) in [4.78, 5) is 33.1. The van der Waals surface area contributed by atoms with Crippen LogP contribution in [0.1, 0.15) is 34.2 Å². The fraction of sp³-hybridized carbons (Fsp3) is 0.263. The first-order valence-electron chi connectivity index (χ1n) is 8.55. The van der Waals surface area contributed by atoms with Crippen LogP contribution in [-0.4, -0.2) is 31.9 Å². The minimum absolute atomic E-state index is 0.196. The monoisotopic (exact) mass is 383 g/mol. The zero-order chi connectivity index (χ0) is 19.6. The van der Waals surface area contributed by atoms with Gasteiger partial charge in [0, 0.05) is 22.2 Å². The first kappa shape index (κ1) is 18.9. The van der Waals surface area contributed by atoms with E-state index in [9.17, 15) is 9.59 Å². The SMILES string of the molecule is CCc1c(C)nc(-n2nc(C)cc2NC(=O)c2ccccc2SC)[nH]c1=O. The van der Waals surface area contributed by atoms with E-state index in [2.05, 4.69) is 20.4 Å². The normalized spacial score (nSPS) is 10.8. The summed E-state index contributed by atoms with van der Waals surface area (Å²) in [5, 5.41) is 7.25. The first-order valence-corrected chi connectivity index (χ1v) is 9.78. The number of rotatable bonds is 5. The zero-order valence-electron chi connectivity index (χ0n) is 15.7. The minimum atomic E-state index is -0.245. The van der Waals surface area contributed by atoms with Crippen molar-refractivity contribution in [2.24, 2.45) is 0 Å². The molecule has 27 heavy (non-hydrogen) atoms. The lowest BCUT2D eigenvalue weighted by Crippen LogP contribution is -2.22. The average Bonchev–Trinajstić information content (AvgIpc) is 3.01. The van der Waals surface area contributed by atoms with Gasteiger partial charge in [0.05, 0.1) is 11.3 Å². The van der Waals surface area contributed by atoms with E-state index in [0.29, 0.717) is 34.8 Å². The van der Waals surface area contributed by atoms with Crippen LogP contribution >= 0.6 is 11.8 Å². The standard InChI is InChI=1S/C19H21N5O2S/c1-5-13-12(3)20-19(22-17(13)25)24-16(10-11(2)23-24)21-18(26)14-8-6-7-9-15(14)27-4/h6-10H,5H2,1-4H3,(H,21,26)(H,20,22,25). The molecule has 3 aromatic rings. The lowest BCUT2D eigenvalue weighted by molar-refractivity contribution is 0.102. The summed E-state index contributed by atoms with van der Waals surface area (Å²) in [6.45, 7) is 5.51. The summed E-state index contributed by atoms with van der Waals surface area (Å²) in [7, 11) is 0. The summed E-state index contributed by atoms with van der Waals surface area (Å²) >= 11 is 1.50. The van der Waals surface area contributed by atoms with Crippen molar-refractivity contribution in [3.63, 3.8) is 0 Å². The van der Waals surface area contributed by atoms with Crippen molar-refractivity contribution < 1.29 is 4.79 Å². The molecule has 0 unspecified atom stereocenters. The lowest BCUT2D eigenvalue weighted by atomic mass is 10.2.